The van der Waals surface area contributed by atoms with Crippen molar-refractivity contribution in [1.82, 2.24) is 4.98 Å². The van der Waals surface area contributed by atoms with Crippen molar-refractivity contribution in [1.29, 1.82) is 0 Å². The van der Waals surface area contributed by atoms with Crippen LogP contribution in [0.15, 0.2) is 91.0 Å². The van der Waals surface area contributed by atoms with Crippen LogP contribution < -0.4 is 10.2 Å². The van der Waals surface area contributed by atoms with Crippen molar-refractivity contribution in [3.05, 3.63) is 114 Å². The summed E-state index contributed by atoms with van der Waals surface area (Å²) in [4.78, 5) is 5.21. The fraction of sp³-hybridized carbons (Fsp3) is 0.491. The van der Waals surface area contributed by atoms with E-state index < -0.39 is 0 Å². The van der Waals surface area contributed by atoms with E-state index in [9.17, 15) is 10.2 Å². The third kappa shape index (κ3) is 7.21. The van der Waals surface area contributed by atoms with Crippen molar-refractivity contribution < 1.29 is 41.9 Å². The molecule has 63 heavy (non-hydrogen) atoms. The summed E-state index contributed by atoms with van der Waals surface area (Å²) in [7, 11) is 0. The Labute approximate surface area is 385 Å². The van der Waals surface area contributed by atoms with Crippen LogP contribution in [-0.2, 0) is 33.7 Å². The van der Waals surface area contributed by atoms with Crippen LogP contribution in [0.4, 0.5) is 8.78 Å². The Kier molecular flexibility index (Phi) is 9.91. The summed E-state index contributed by atoms with van der Waals surface area (Å²) in [5, 5.41) is 29.8. The van der Waals surface area contributed by atoms with Gasteiger partial charge in [0.05, 0.1) is 11.4 Å². The quantitative estimate of drug-likeness (QED) is 0.159. The van der Waals surface area contributed by atoms with Crippen molar-refractivity contribution >= 4 is 0 Å². The van der Waals surface area contributed by atoms with E-state index in [0.29, 0.717) is 44.8 Å². The molecule has 3 nitrogen and oxygen atoms in total. The molecule has 0 spiro atoms. The Morgan fingerprint density at radius 3 is 1.00 bits per heavy atom. The fourth-order valence-corrected chi connectivity index (χ4v) is 18.1. The summed E-state index contributed by atoms with van der Waals surface area (Å²) >= 11 is 0.0833. The maximum atomic E-state index is 16.0. The van der Waals surface area contributed by atoms with Gasteiger partial charge in [0.2, 0.25) is 0 Å². The van der Waals surface area contributed by atoms with Crippen LogP contribution in [0.1, 0.15) is 130 Å². The number of pyridine rings is 1. The molecule has 1 aromatic heterocycles. The van der Waals surface area contributed by atoms with Gasteiger partial charge in [0.25, 0.3) is 0 Å². The molecule has 0 unspecified atom stereocenters. The normalized spacial score (nSPS) is 35.6. The molecule has 8 bridgehead atoms. The summed E-state index contributed by atoms with van der Waals surface area (Å²) in [6, 6.07) is 27.1. The summed E-state index contributed by atoms with van der Waals surface area (Å²) in [5.74, 6) is -0.919. The Morgan fingerprint density at radius 2 is 0.698 bits per heavy atom. The Bertz CT molecular complexity index is 2390. The standard InChI is InChI=1S/C55H59F2NO2.2CH3.Hf/c1-48-22-49(2)24-50(3,23-48)30-54(28-48,29-49)42-20-34(56)18-40(46(42)59)36-12-7-9-14-38(36)44-16-11-17-45(58-44)39-15-10-8-13-37(39)41-19-35(57)21-43(47(41)60)55-31-51(4)25-52(5,32-55)27-53(6,26-51)33-55;;;/h7-21,59-60H,22-33H2,1-6H3;2*1H3;/q;;;+2/p-2. The molecule has 8 aliphatic carbocycles. The van der Waals surface area contributed by atoms with Gasteiger partial charge in [-0.2, -0.15) is 0 Å². The van der Waals surface area contributed by atoms with Crippen molar-refractivity contribution in [2.45, 2.75) is 139 Å². The summed E-state index contributed by atoms with van der Waals surface area (Å²) in [6.07, 6.45) is 12.5. The van der Waals surface area contributed by atoms with Crippen LogP contribution in [0, 0.1) is 44.1 Å². The third-order valence-electron chi connectivity index (χ3n) is 16.7. The molecule has 8 fully saturated rings. The van der Waals surface area contributed by atoms with Crippen LogP contribution in [0.5, 0.6) is 11.5 Å². The zero-order valence-electron chi connectivity index (χ0n) is 38.7. The molecule has 8 saturated carbocycles. The average Bonchev–Trinajstić information content (AvgIpc) is 3.16. The van der Waals surface area contributed by atoms with Gasteiger partial charge in [-0.15, -0.1) is 0 Å². The monoisotopic (exact) mass is 1010 g/mol. The predicted octanol–water partition coefficient (Wildman–Crippen LogP) is 14.6. The van der Waals surface area contributed by atoms with E-state index in [1.54, 1.807) is 12.1 Å². The van der Waals surface area contributed by atoms with Crippen LogP contribution >= 0.6 is 0 Å². The first-order chi connectivity index (χ1) is 29.7. The SMILES string of the molecule is CC12CC3(C)CC(C)(C1)CC(c1cc(F)cc(-c4ccccc4-c4cccc(-c5ccccc5-c5cc(F)cc(C67CC8(C)CC(C)(CC(C)(C8)C6)C7)c5[O-])n4)c1[O-])(C2)C3.[CH3][Hf+2][CH3]. The van der Waals surface area contributed by atoms with E-state index in [2.05, 4.69) is 50.9 Å². The summed E-state index contributed by atoms with van der Waals surface area (Å²) in [6.45, 7) is 14.3. The van der Waals surface area contributed by atoms with Gasteiger partial charge in [-0.3, -0.25) is 0 Å². The van der Waals surface area contributed by atoms with Gasteiger partial charge in [-0.05, 0) is 190 Å². The minimum absolute atomic E-state index is 0.0796. The van der Waals surface area contributed by atoms with Crippen LogP contribution in [0.25, 0.3) is 44.8 Å². The van der Waals surface area contributed by atoms with E-state index >= 15 is 8.78 Å². The van der Waals surface area contributed by atoms with Gasteiger partial charge in [0.1, 0.15) is 11.6 Å². The molecule has 8 aliphatic rings. The van der Waals surface area contributed by atoms with Crippen molar-refractivity contribution in [2.24, 2.45) is 32.5 Å². The molecular formula is C57H63F2HfNO2. The number of rotatable bonds is 6. The van der Waals surface area contributed by atoms with Crippen molar-refractivity contribution in [2.75, 3.05) is 0 Å². The number of nitrogens with zero attached hydrogens (tertiary/aromatic N) is 1. The Hall–Kier alpha value is -3.64. The molecule has 13 rings (SSSR count). The summed E-state index contributed by atoms with van der Waals surface area (Å²) in [5.41, 5.74) is 6.19. The number of benzene rings is 4. The average molecular weight is 1010 g/mol. The molecule has 0 N–H and O–H groups in total. The minimum atomic E-state index is -0.380. The first kappa shape index (κ1) is 43.3. The molecule has 5 aromatic rings. The number of halogens is 2. The third-order valence-corrected chi connectivity index (χ3v) is 16.7. The first-order valence-corrected chi connectivity index (χ1v) is 30.6. The molecule has 4 aromatic carbocycles. The number of hydrogen-bond acceptors (Lipinski definition) is 3. The van der Waals surface area contributed by atoms with E-state index in [-0.39, 0.29) is 89.4 Å². The molecule has 0 aliphatic heterocycles. The van der Waals surface area contributed by atoms with E-state index in [4.69, 9.17) is 4.98 Å². The van der Waals surface area contributed by atoms with Crippen LogP contribution in [-0.4, -0.2) is 4.98 Å². The summed E-state index contributed by atoms with van der Waals surface area (Å²) < 4.78 is 36.7. The second-order valence-electron chi connectivity index (χ2n) is 24.2. The van der Waals surface area contributed by atoms with Gasteiger partial charge < -0.3 is 10.2 Å². The maximum absolute atomic E-state index is 16.0. The van der Waals surface area contributed by atoms with Gasteiger partial charge >= 0.3 is 32.3 Å². The molecule has 326 valence electrons. The zero-order valence-corrected chi connectivity index (χ0v) is 42.3. The van der Waals surface area contributed by atoms with Crippen molar-refractivity contribution in [3.8, 4) is 56.3 Å². The second kappa shape index (κ2) is 14.4. The molecular weight excluding hydrogens is 947 g/mol. The predicted molar refractivity (Wildman–Crippen MR) is 244 cm³/mol. The first-order valence-electron chi connectivity index (χ1n) is 23.4. The van der Waals surface area contributed by atoms with Gasteiger partial charge in [-0.1, -0.05) is 108 Å². The van der Waals surface area contributed by atoms with Crippen LogP contribution in [0.2, 0.25) is 9.36 Å². The fourth-order valence-electron chi connectivity index (χ4n) is 18.1. The molecule has 0 saturated heterocycles. The van der Waals surface area contributed by atoms with Gasteiger partial charge in [0.15, 0.2) is 0 Å². The Balaban J connectivity index is 0.00000153. The molecule has 0 atom stereocenters. The molecule has 0 amide bonds. The van der Waals surface area contributed by atoms with E-state index in [1.807, 2.05) is 66.7 Å². The number of aromatic nitrogens is 1. The van der Waals surface area contributed by atoms with E-state index in [0.717, 1.165) is 88.2 Å². The van der Waals surface area contributed by atoms with Gasteiger partial charge in [0, 0.05) is 11.1 Å². The molecule has 6 heteroatoms. The molecule has 0 radical (unpaired) electrons. The van der Waals surface area contributed by atoms with Gasteiger partial charge in [-0.25, -0.2) is 13.8 Å². The van der Waals surface area contributed by atoms with Crippen molar-refractivity contribution in [3.63, 3.8) is 0 Å². The Morgan fingerprint density at radius 1 is 0.413 bits per heavy atom. The zero-order chi connectivity index (χ0) is 44.6. The van der Waals surface area contributed by atoms with E-state index in [1.165, 1.54) is 12.1 Å². The second-order valence-corrected chi connectivity index (χ2v) is 27.8. The van der Waals surface area contributed by atoms with Crippen LogP contribution in [0.3, 0.4) is 0 Å². The molecule has 1 heterocycles. The topological polar surface area (TPSA) is 59.0 Å². The number of hydrogen-bond donors (Lipinski definition) is 0.